The van der Waals surface area contributed by atoms with Crippen molar-refractivity contribution < 1.29 is 4.79 Å². The molecule has 108 valence electrons. The summed E-state index contributed by atoms with van der Waals surface area (Å²) in [4.78, 5) is 17.7. The fourth-order valence-electron chi connectivity index (χ4n) is 4.56. The maximum atomic E-state index is 13.0. The van der Waals surface area contributed by atoms with Gasteiger partial charge in [-0.25, -0.2) is 0 Å². The third kappa shape index (κ3) is 1.55. The Bertz CT molecular complexity index is 720. The van der Waals surface area contributed by atoms with Crippen molar-refractivity contribution in [3.05, 3.63) is 30.0 Å². The number of benzene rings is 1. The summed E-state index contributed by atoms with van der Waals surface area (Å²) in [5, 5.41) is 8.23. The fraction of sp³-hybridized carbons (Fsp3) is 0.500. The van der Waals surface area contributed by atoms with Gasteiger partial charge in [-0.05, 0) is 31.4 Å². The highest BCUT2D eigenvalue weighted by atomic mass is 16.2. The number of aromatic amines is 1. The van der Waals surface area contributed by atoms with E-state index >= 15 is 0 Å². The zero-order chi connectivity index (χ0) is 14.0. The summed E-state index contributed by atoms with van der Waals surface area (Å²) in [5.74, 6) is 0.814. The summed E-state index contributed by atoms with van der Waals surface area (Å²) in [5.41, 5.74) is 1.53. The number of H-pyrrole nitrogens is 1. The molecule has 0 radical (unpaired) electrons. The maximum absolute atomic E-state index is 13.0. The van der Waals surface area contributed by atoms with Gasteiger partial charge >= 0.3 is 0 Å². The Morgan fingerprint density at radius 3 is 3.14 bits per heavy atom. The number of piperazine rings is 1. The molecule has 3 fully saturated rings. The fourth-order valence-corrected chi connectivity index (χ4v) is 4.56. The Morgan fingerprint density at radius 1 is 1.29 bits per heavy atom. The topological polar surface area (TPSA) is 52.2 Å². The monoisotopic (exact) mass is 282 g/mol. The zero-order valence-electron chi connectivity index (χ0n) is 11.8. The van der Waals surface area contributed by atoms with Gasteiger partial charge in [0.2, 0.25) is 0 Å². The molecule has 3 bridgehead atoms. The highest BCUT2D eigenvalue weighted by Crippen LogP contribution is 2.41. The quantitative estimate of drug-likeness (QED) is 0.862. The lowest BCUT2D eigenvalue weighted by Crippen LogP contribution is -2.58. The van der Waals surface area contributed by atoms with Crippen LogP contribution in [0.3, 0.4) is 0 Å². The molecule has 1 aromatic carbocycles. The number of fused-ring (bicyclic) bond motifs is 3. The summed E-state index contributed by atoms with van der Waals surface area (Å²) < 4.78 is 0. The van der Waals surface area contributed by atoms with Crippen LogP contribution in [0, 0.1) is 5.92 Å². The number of aromatic nitrogens is 2. The van der Waals surface area contributed by atoms with Crippen LogP contribution in [0.5, 0.6) is 0 Å². The van der Waals surface area contributed by atoms with E-state index in [1.54, 1.807) is 0 Å². The van der Waals surface area contributed by atoms with Crippen LogP contribution in [0.1, 0.15) is 23.3 Å². The molecule has 21 heavy (non-hydrogen) atoms. The van der Waals surface area contributed by atoms with Gasteiger partial charge in [0.1, 0.15) is 0 Å². The smallest absolute Gasteiger partial charge is 0.275 e. The van der Waals surface area contributed by atoms with Crippen molar-refractivity contribution in [1.29, 1.82) is 0 Å². The number of hydrogen-bond acceptors (Lipinski definition) is 3. The molecule has 4 atom stereocenters. The number of piperidine rings is 1. The van der Waals surface area contributed by atoms with Crippen LogP contribution < -0.4 is 0 Å². The minimum atomic E-state index is 0.117. The van der Waals surface area contributed by atoms with Crippen LogP contribution in [0.2, 0.25) is 0 Å². The third-order valence-electron chi connectivity index (χ3n) is 5.51. The number of rotatable bonds is 1. The molecule has 5 nitrogen and oxygen atoms in total. The lowest BCUT2D eigenvalue weighted by atomic mass is 9.93. The lowest BCUT2D eigenvalue weighted by Gasteiger charge is -2.44. The highest BCUT2D eigenvalue weighted by molar-refractivity contribution is 6.05. The van der Waals surface area contributed by atoms with E-state index in [4.69, 9.17) is 0 Å². The van der Waals surface area contributed by atoms with Crippen molar-refractivity contribution in [3.8, 4) is 0 Å². The largest absolute Gasteiger partial charge is 0.328 e. The summed E-state index contributed by atoms with van der Waals surface area (Å²) >= 11 is 0. The lowest BCUT2D eigenvalue weighted by molar-refractivity contribution is 0.0258. The van der Waals surface area contributed by atoms with E-state index in [1.807, 2.05) is 24.3 Å². The average molecular weight is 282 g/mol. The first-order valence-corrected chi connectivity index (χ1v) is 7.79. The molecular weight excluding hydrogens is 264 g/mol. The van der Waals surface area contributed by atoms with Crippen molar-refractivity contribution in [2.75, 3.05) is 19.6 Å². The molecule has 3 aliphatic heterocycles. The molecule has 1 N–H and O–H groups in total. The summed E-state index contributed by atoms with van der Waals surface area (Å²) in [6.45, 7) is 3.31. The number of amides is 1. The van der Waals surface area contributed by atoms with Gasteiger partial charge in [-0.15, -0.1) is 0 Å². The van der Waals surface area contributed by atoms with Gasteiger partial charge in [-0.1, -0.05) is 18.2 Å². The molecule has 4 heterocycles. The van der Waals surface area contributed by atoms with Gasteiger partial charge in [0.15, 0.2) is 5.69 Å². The minimum Gasteiger partial charge on any atom is -0.328 e. The standard InChI is InChI=1S/C16H18N4O/c21-16(15-12-3-1-2-4-13(12)17-18-15)20-11-7-10-5-6-19(8-11)9-14(10)20/h1-4,10-11,14H,5-9H2,(H,17,18)/t10-,11?,14-/m1/s1. The second kappa shape index (κ2) is 4.07. The Labute approximate surface area is 122 Å². The normalized spacial score (nSPS) is 33.8. The van der Waals surface area contributed by atoms with Gasteiger partial charge in [0, 0.05) is 30.6 Å². The van der Waals surface area contributed by atoms with Crippen LogP contribution >= 0.6 is 0 Å². The second-order valence-electron chi connectivity index (χ2n) is 6.60. The van der Waals surface area contributed by atoms with Crippen molar-refractivity contribution in [1.82, 2.24) is 20.0 Å². The molecule has 3 aliphatic rings. The SMILES string of the molecule is O=C(c1n[nH]c2ccccc12)N1C2C[C@H]3CC[N@@](C2)C[C@H]31. The molecule has 1 aromatic heterocycles. The number of carbonyl (C=O) groups excluding carboxylic acids is 1. The molecule has 5 heteroatoms. The van der Waals surface area contributed by atoms with Crippen molar-refractivity contribution >= 4 is 16.8 Å². The molecule has 0 spiro atoms. The molecule has 0 aliphatic carbocycles. The van der Waals surface area contributed by atoms with Gasteiger partial charge < -0.3 is 4.90 Å². The zero-order valence-corrected chi connectivity index (χ0v) is 11.8. The van der Waals surface area contributed by atoms with E-state index in [0.29, 0.717) is 23.7 Å². The predicted molar refractivity (Wildman–Crippen MR) is 79.0 cm³/mol. The van der Waals surface area contributed by atoms with Crippen LogP contribution in [0.4, 0.5) is 0 Å². The van der Waals surface area contributed by atoms with Crippen LogP contribution in [0.25, 0.3) is 10.9 Å². The first-order chi connectivity index (χ1) is 10.3. The van der Waals surface area contributed by atoms with E-state index in [0.717, 1.165) is 24.0 Å². The first kappa shape index (κ1) is 11.7. The second-order valence-corrected chi connectivity index (χ2v) is 6.60. The molecule has 3 saturated heterocycles. The Balaban J connectivity index is 1.55. The van der Waals surface area contributed by atoms with E-state index < -0.39 is 0 Å². The van der Waals surface area contributed by atoms with Crippen LogP contribution in [-0.2, 0) is 0 Å². The van der Waals surface area contributed by atoms with E-state index in [1.165, 1.54) is 19.4 Å². The van der Waals surface area contributed by atoms with Crippen LogP contribution in [0.15, 0.2) is 24.3 Å². The third-order valence-corrected chi connectivity index (χ3v) is 5.51. The van der Waals surface area contributed by atoms with Crippen molar-refractivity contribution in [3.63, 3.8) is 0 Å². The first-order valence-electron chi connectivity index (χ1n) is 7.79. The molecule has 1 amide bonds. The minimum absolute atomic E-state index is 0.117. The van der Waals surface area contributed by atoms with Crippen LogP contribution in [-0.4, -0.2) is 57.6 Å². The summed E-state index contributed by atoms with van der Waals surface area (Å²) in [7, 11) is 0. The van der Waals surface area contributed by atoms with E-state index in [-0.39, 0.29) is 5.91 Å². The number of nitrogens with one attached hydrogen (secondary N) is 1. The maximum Gasteiger partial charge on any atom is 0.275 e. The van der Waals surface area contributed by atoms with Crippen molar-refractivity contribution in [2.24, 2.45) is 5.92 Å². The molecule has 1 unspecified atom stereocenters. The predicted octanol–water partition coefficient (Wildman–Crippen LogP) is 1.48. The highest BCUT2D eigenvalue weighted by Gasteiger charge is 2.51. The molecular formula is C16H18N4O. The Kier molecular flexibility index (Phi) is 2.28. The number of nitrogens with zero attached hydrogens (tertiary/aromatic N) is 3. The van der Waals surface area contributed by atoms with Gasteiger partial charge in [-0.2, -0.15) is 5.10 Å². The summed E-state index contributed by atoms with van der Waals surface area (Å²) in [6, 6.07) is 8.67. The number of carbonyl (C=O) groups is 1. The van der Waals surface area contributed by atoms with Crippen molar-refractivity contribution in [2.45, 2.75) is 24.9 Å². The molecule has 0 saturated carbocycles. The Hall–Kier alpha value is -1.88. The summed E-state index contributed by atoms with van der Waals surface area (Å²) in [6.07, 6.45) is 2.42. The molecule has 2 aromatic rings. The number of para-hydroxylation sites is 1. The van der Waals surface area contributed by atoms with Gasteiger partial charge in [0.25, 0.3) is 5.91 Å². The van der Waals surface area contributed by atoms with E-state index in [9.17, 15) is 4.79 Å². The van der Waals surface area contributed by atoms with Gasteiger partial charge in [0.05, 0.1) is 5.52 Å². The number of hydrogen-bond donors (Lipinski definition) is 1. The Morgan fingerprint density at radius 2 is 2.19 bits per heavy atom. The van der Waals surface area contributed by atoms with E-state index in [2.05, 4.69) is 20.0 Å². The molecule has 5 rings (SSSR count). The van der Waals surface area contributed by atoms with Gasteiger partial charge in [-0.3, -0.25) is 14.8 Å². The average Bonchev–Trinajstić information content (AvgIpc) is 2.96.